The van der Waals surface area contributed by atoms with Gasteiger partial charge in [-0.3, -0.25) is 4.99 Å². The van der Waals surface area contributed by atoms with Gasteiger partial charge in [0.15, 0.2) is 17.5 Å². The maximum absolute atomic E-state index is 5.97. The summed E-state index contributed by atoms with van der Waals surface area (Å²) in [4.78, 5) is 4.40. The molecule has 0 radical (unpaired) electrons. The molecule has 2 aromatic carbocycles. The van der Waals surface area contributed by atoms with Crippen LogP contribution in [-0.2, 0) is 12.8 Å². The molecular formula is C23H33N3O3. The van der Waals surface area contributed by atoms with Crippen molar-refractivity contribution >= 4 is 5.96 Å². The molecule has 0 amide bonds. The van der Waals surface area contributed by atoms with Crippen molar-refractivity contribution in [3.8, 4) is 17.2 Å². The molecule has 158 valence electrons. The molecule has 2 aromatic rings. The van der Waals surface area contributed by atoms with Crippen LogP contribution in [0.25, 0.3) is 0 Å². The van der Waals surface area contributed by atoms with Crippen LogP contribution < -0.4 is 25.3 Å². The number of aliphatic imine (C=N–C) groups is 1. The zero-order chi connectivity index (χ0) is 21.1. The summed E-state index contributed by atoms with van der Waals surface area (Å²) in [6.45, 7) is 6.35. The molecule has 0 fully saturated rings. The van der Waals surface area contributed by atoms with Gasteiger partial charge < -0.3 is 25.3 Å². The first kappa shape index (κ1) is 22.4. The third kappa shape index (κ3) is 7.94. The number of ether oxygens (including phenoxy) is 3. The lowest BCUT2D eigenvalue weighted by atomic mass is 10.1. The van der Waals surface area contributed by atoms with Crippen LogP contribution in [0, 0.1) is 5.92 Å². The SMILES string of the molecule is COc1ccc(CCNC(N)=NCCc2ccc(OCC(C)C)cc2)cc1OC. The molecule has 0 saturated carbocycles. The van der Waals surface area contributed by atoms with Gasteiger partial charge in [-0.05, 0) is 54.2 Å². The Balaban J connectivity index is 1.72. The molecular weight excluding hydrogens is 366 g/mol. The molecule has 0 bridgehead atoms. The fraction of sp³-hybridized carbons (Fsp3) is 0.435. The number of hydrogen-bond donors (Lipinski definition) is 2. The first-order valence-corrected chi connectivity index (χ1v) is 9.98. The Bertz CT molecular complexity index is 773. The molecule has 3 N–H and O–H groups in total. The Morgan fingerprint density at radius 2 is 1.66 bits per heavy atom. The smallest absolute Gasteiger partial charge is 0.188 e. The van der Waals surface area contributed by atoms with E-state index in [4.69, 9.17) is 19.9 Å². The highest BCUT2D eigenvalue weighted by Gasteiger charge is 2.04. The number of benzene rings is 2. The monoisotopic (exact) mass is 399 g/mol. The van der Waals surface area contributed by atoms with Crippen molar-refractivity contribution in [2.45, 2.75) is 26.7 Å². The van der Waals surface area contributed by atoms with Gasteiger partial charge >= 0.3 is 0 Å². The molecule has 6 heteroatoms. The Morgan fingerprint density at radius 1 is 0.966 bits per heavy atom. The lowest BCUT2D eigenvalue weighted by Crippen LogP contribution is -2.33. The molecule has 29 heavy (non-hydrogen) atoms. The Labute approximate surface area is 174 Å². The summed E-state index contributed by atoms with van der Waals surface area (Å²) in [5.74, 6) is 3.34. The Hall–Kier alpha value is -2.89. The van der Waals surface area contributed by atoms with Gasteiger partial charge in [-0.2, -0.15) is 0 Å². The first-order chi connectivity index (χ1) is 14.0. The van der Waals surface area contributed by atoms with Crippen molar-refractivity contribution in [3.63, 3.8) is 0 Å². The summed E-state index contributed by atoms with van der Waals surface area (Å²) in [6, 6.07) is 14.1. The van der Waals surface area contributed by atoms with Crippen LogP contribution in [0.2, 0.25) is 0 Å². The molecule has 0 spiro atoms. The highest BCUT2D eigenvalue weighted by molar-refractivity contribution is 5.77. The van der Waals surface area contributed by atoms with E-state index >= 15 is 0 Å². The molecule has 0 aliphatic rings. The Morgan fingerprint density at radius 3 is 2.31 bits per heavy atom. The minimum absolute atomic E-state index is 0.461. The van der Waals surface area contributed by atoms with E-state index in [1.807, 2.05) is 30.3 Å². The van der Waals surface area contributed by atoms with Gasteiger partial charge in [0.1, 0.15) is 5.75 Å². The van der Waals surface area contributed by atoms with E-state index in [0.29, 0.717) is 25.0 Å². The van der Waals surface area contributed by atoms with Crippen LogP contribution in [0.3, 0.4) is 0 Å². The van der Waals surface area contributed by atoms with Crippen molar-refractivity contribution in [1.82, 2.24) is 5.32 Å². The number of methoxy groups -OCH3 is 2. The third-order valence-electron chi connectivity index (χ3n) is 4.36. The van der Waals surface area contributed by atoms with E-state index in [1.54, 1.807) is 14.2 Å². The second-order valence-corrected chi connectivity index (χ2v) is 7.23. The third-order valence-corrected chi connectivity index (χ3v) is 4.36. The number of nitrogens with zero attached hydrogens (tertiary/aromatic N) is 1. The first-order valence-electron chi connectivity index (χ1n) is 9.98. The highest BCUT2D eigenvalue weighted by atomic mass is 16.5. The maximum Gasteiger partial charge on any atom is 0.188 e. The van der Waals surface area contributed by atoms with Crippen molar-refractivity contribution in [2.75, 3.05) is 33.9 Å². The fourth-order valence-electron chi connectivity index (χ4n) is 2.75. The summed E-state index contributed by atoms with van der Waals surface area (Å²) >= 11 is 0. The largest absolute Gasteiger partial charge is 0.493 e. The van der Waals surface area contributed by atoms with E-state index in [2.05, 4.69) is 36.3 Å². The number of rotatable bonds is 11. The number of hydrogen-bond acceptors (Lipinski definition) is 4. The van der Waals surface area contributed by atoms with Crippen LogP contribution in [0.15, 0.2) is 47.5 Å². The summed E-state index contributed by atoms with van der Waals surface area (Å²) < 4.78 is 16.3. The summed E-state index contributed by atoms with van der Waals surface area (Å²) in [5, 5.41) is 3.16. The van der Waals surface area contributed by atoms with Crippen LogP contribution in [0.1, 0.15) is 25.0 Å². The van der Waals surface area contributed by atoms with Crippen LogP contribution in [0.5, 0.6) is 17.2 Å². The van der Waals surface area contributed by atoms with Gasteiger partial charge in [0, 0.05) is 13.1 Å². The second kappa shape index (κ2) is 11.8. The van der Waals surface area contributed by atoms with Gasteiger partial charge in [-0.15, -0.1) is 0 Å². The van der Waals surface area contributed by atoms with Crippen molar-refractivity contribution in [2.24, 2.45) is 16.6 Å². The summed E-state index contributed by atoms with van der Waals surface area (Å²) in [5.41, 5.74) is 8.32. The zero-order valence-corrected chi connectivity index (χ0v) is 17.9. The topological polar surface area (TPSA) is 78.1 Å². The number of guanidine groups is 1. The van der Waals surface area contributed by atoms with Crippen LogP contribution in [-0.4, -0.2) is 39.9 Å². The molecule has 2 rings (SSSR count). The van der Waals surface area contributed by atoms with Crippen molar-refractivity contribution in [1.29, 1.82) is 0 Å². The summed E-state index contributed by atoms with van der Waals surface area (Å²) in [6.07, 6.45) is 1.65. The molecule has 0 aromatic heterocycles. The van der Waals surface area contributed by atoms with Gasteiger partial charge in [0.25, 0.3) is 0 Å². The highest BCUT2D eigenvalue weighted by Crippen LogP contribution is 2.27. The molecule has 0 aliphatic heterocycles. The van der Waals surface area contributed by atoms with Gasteiger partial charge in [-0.25, -0.2) is 0 Å². The number of nitrogens with two attached hydrogens (primary N) is 1. The van der Waals surface area contributed by atoms with E-state index < -0.39 is 0 Å². The zero-order valence-electron chi connectivity index (χ0n) is 17.9. The molecule has 0 atom stereocenters. The molecule has 0 unspecified atom stereocenters. The van der Waals surface area contributed by atoms with E-state index in [0.717, 1.165) is 42.3 Å². The van der Waals surface area contributed by atoms with Gasteiger partial charge in [-0.1, -0.05) is 32.0 Å². The lowest BCUT2D eigenvalue weighted by molar-refractivity contribution is 0.271. The van der Waals surface area contributed by atoms with E-state index in [9.17, 15) is 0 Å². The second-order valence-electron chi connectivity index (χ2n) is 7.23. The Kier molecular flexibility index (Phi) is 9.15. The molecule has 6 nitrogen and oxygen atoms in total. The van der Waals surface area contributed by atoms with Gasteiger partial charge in [0.05, 0.1) is 20.8 Å². The van der Waals surface area contributed by atoms with E-state index in [-0.39, 0.29) is 0 Å². The van der Waals surface area contributed by atoms with Crippen molar-refractivity contribution < 1.29 is 14.2 Å². The normalized spacial score (nSPS) is 11.4. The minimum atomic E-state index is 0.461. The van der Waals surface area contributed by atoms with E-state index in [1.165, 1.54) is 5.56 Å². The minimum Gasteiger partial charge on any atom is -0.493 e. The number of nitrogens with one attached hydrogen (secondary N) is 1. The van der Waals surface area contributed by atoms with Crippen LogP contribution in [0.4, 0.5) is 0 Å². The lowest BCUT2D eigenvalue weighted by Gasteiger charge is -2.10. The molecule has 0 aliphatic carbocycles. The van der Waals surface area contributed by atoms with Crippen LogP contribution >= 0.6 is 0 Å². The van der Waals surface area contributed by atoms with Gasteiger partial charge in [0.2, 0.25) is 0 Å². The maximum atomic E-state index is 5.97. The summed E-state index contributed by atoms with van der Waals surface area (Å²) in [7, 11) is 3.27. The molecule has 0 saturated heterocycles. The predicted molar refractivity (Wildman–Crippen MR) is 118 cm³/mol. The molecule has 0 heterocycles. The fourth-order valence-corrected chi connectivity index (χ4v) is 2.75. The average molecular weight is 400 g/mol. The van der Waals surface area contributed by atoms with Crippen molar-refractivity contribution in [3.05, 3.63) is 53.6 Å². The quantitative estimate of drug-likeness (QED) is 0.447. The average Bonchev–Trinajstić information content (AvgIpc) is 2.73. The predicted octanol–water partition coefficient (Wildman–Crippen LogP) is 3.43. The standard InChI is InChI=1S/C23H33N3O3/c1-17(2)16-29-20-8-5-18(6-9-20)11-13-25-23(24)26-14-12-19-7-10-21(27-3)22(15-19)28-4/h5-10,15,17H,11-14,16H2,1-4H3,(H3,24,25,26).